The summed E-state index contributed by atoms with van der Waals surface area (Å²) in [5.74, 6) is -3.31. The maximum absolute atomic E-state index is 11.6. The summed E-state index contributed by atoms with van der Waals surface area (Å²) in [6, 6.07) is 2.40. The zero-order valence-electron chi connectivity index (χ0n) is 18.6. The molecule has 0 aromatic heterocycles. The Morgan fingerprint density at radius 2 is 1.03 bits per heavy atom. The largest absolute Gasteiger partial charge is 0.480 e. The molecule has 2 aromatic rings. The number of carboxylic acids is 2. The molecule has 20 heteroatoms. The van der Waals surface area contributed by atoms with Gasteiger partial charge in [-0.15, -0.1) is 0 Å². The number of aliphatic carboxylic acids is 2. The Kier molecular flexibility index (Phi) is 10.1. The molecule has 0 aliphatic heterocycles. The first-order valence-electron chi connectivity index (χ1n) is 9.90. The zero-order chi connectivity index (χ0) is 28.6. The number of rotatable bonds is 15. The highest BCUT2D eigenvalue weighted by atomic mass is 33.1. The molecule has 2 aromatic carbocycles. The predicted octanol–water partition coefficient (Wildman–Crippen LogP) is 3.13. The van der Waals surface area contributed by atoms with Crippen molar-refractivity contribution in [3.8, 4) is 0 Å². The van der Waals surface area contributed by atoms with Crippen molar-refractivity contribution >= 4 is 67.7 Å². The van der Waals surface area contributed by atoms with Gasteiger partial charge in [0.15, 0.2) is 0 Å². The van der Waals surface area contributed by atoms with Crippen molar-refractivity contribution in [1.29, 1.82) is 0 Å². The molecule has 0 fully saturated rings. The van der Waals surface area contributed by atoms with Gasteiger partial charge in [0, 0.05) is 23.6 Å². The number of non-ortho nitro benzene ring substituents is 2. The molecule has 202 valence electrons. The van der Waals surface area contributed by atoms with Crippen LogP contribution in [-0.2, 0) is 9.59 Å². The number of hydrogen-bond acceptors (Lipinski definition) is 14. The van der Waals surface area contributed by atoms with E-state index in [1.165, 1.54) is 0 Å². The Hall–Kier alpha value is -4.72. The van der Waals surface area contributed by atoms with Crippen LogP contribution >= 0.6 is 21.6 Å². The fourth-order valence-corrected chi connectivity index (χ4v) is 5.08. The monoisotopic (exact) mass is 572 g/mol. The molecule has 0 saturated carbocycles. The average molecular weight is 572 g/mol. The van der Waals surface area contributed by atoms with Crippen LogP contribution in [0.3, 0.4) is 0 Å². The molecular weight excluding hydrogens is 556 g/mol. The highest BCUT2D eigenvalue weighted by Gasteiger charge is 2.27. The van der Waals surface area contributed by atoms with Gasteiger partial charge in [-0.05, 0) is 12.1 Å². The third kappa shape index (κ3) is 7.89. The van der Waals surface area contributed by atoms with E-state index in [1.807, 2.05) is 0 Å². The molecule has 0 aliphatic carbocycles. The summed E-state index contributed by atoms with van der Waals surface area (Å²) in [4.78, 5) is 64.0. The van der Waals surface area contributed by atoms with E-state index in [-0.39, 0.29) is 22.9 Å². The standard InChI is InChI=1S/C18H16N6O12S2/c25-17(26)13(19-11-3-1-9(21(29)30)5-15(11)23(33)34)7-37-38-8-14(18(27)28)20-12-4-2-10(22(31)32)6-16(12)24(35)36/h1-6,13-14,19-20H,7-8H2,(H,25,26)(H,27,28)/t13-,14-/m0/s1. The van der Waals surface area contributed by atoms with E-state index >= 15 is 0 Å². The third-order valence-electron chi connectivity index (χ3n) is 4.59. The molecule has 0 amide bonds. The molecule has 0 unspecified atom stereocenters. The lowest BCUT2D eigenvalue weighted by atomic mass is 10.2. The van der Waals surface area contributed by atoms with Crippen LogP contribution in [0.2, 0.25) is 0 Å². The van der Waals surface area contributed by atoms with Gasteiger partial charge in [-0.2, -0.15) is 0 Å². The molecule has 38 heavy (non-hydrogen) atoms. The van der Waals surface area contributed by atoms with Crippen LogP contribution in [0, 0.1) is 40.5 Å². The minimum atomic E-state index is -1.42. The fourth-order valence-electron chi connectivity index (χ4n) is 2.77. The topological polar surface area (TPSA) is 271 Å². The van der Waals surface area contributed by atoms with Crippen molar-refractivity contribution in [3.05, 3.63) is 76.9 Å². The van der Waals surface area contributed by atoms with Gasteiger partial charge in [0.05, 0.1) is 31.8 Å². The summed E-state index contributed by atoms with van der Waals surface area (Å²) in [5.41, 5.74) is -3.15. The molecule has 0 aliphatic rings. The average Bonchev–Trinajstić information content (AvgIpc) is 2.84. The van der Waals surface area contributed by atoms with E-state index in [0.717, 1.165) is 45.9 Å². The van der Waals surface area contributed by atoms with Crippen molar-refractivity contribution < 1.29 is 39.5 Å². The second kappa shape index (κ2) is 13.0. The lowest BCUT2D eigenvalue weighted by Crippen LogP contribution is -2.33. The van der Waals surface area contributed by atoms with Crippen LogP contribution in [0.1, 0.15) is 0 Å². The van der Waals surface area contributed by atoms with Gasteiger partial charge < -0.3 is 20.8 Å². The second-order valence-electron chi connectivity index (χ2n) is 7.07. The first-order valence-corrected chi connectivity index (χ1v) is 12.4. The van der Waals surface area contributed by atoms with Crippen molar-refractivity contribution in [2.24, 2.45) is 0 Å². The van der Waals surface area contributed by atoms with Crippen LogP contribution in [-0.4, -0.2) is 65.4 Å². The Morgan fingerprint density at radius 3 is 1.29 bits per heavy atom. The van der Waals surface area contributed by atoms with Gasteiger partial charge in [-0.1, -0.05) is 21.6 Å². The van der Waals surface area contributed by atoms with Crippen molar-refractivity contribution in [2.45, 2.75) is 12.1 Å². The number of benzene rings is 2. The van der Waals surface area contributed by atoms with Gasteiger partial charge in [0.25, 0.3) is 22.7 Å². The molecule has 0 bridgehead atoms. The highest BCUT2D eigenvalue weighted by Crippen LogP contribution is 2.33. The number of carboxylic acid groups (broad SMARTS) is 2. The van der Waals surface area contributed by atoms with E-state index in [9.17, 15) is 60.3 Å². The molecule has 0 saturated heterocycles. The van der Waals surface area contributed by atoms with Crippen LogP contribution < -0.4 is 10.6 Å². The second-order valence-corrected chi connectivity index (χ2v) is 9.62. The van der Waals surface area contributed by atoms with Crippen LogP contribution in [0.4, 0.5) is 34.1 Å². The van der Waals surface area contributed by atoms with E-state index in [2.05, 4.69) is 10.6 Å². The molecule has 2 atom stereocenters. The fraction of sp³-hybridized carbons (Fsp3) is 0.222. The number of nitro benzene ring substituents is 4. The maximum atomic E-state index is 11.6. The quantitative estimate of drug-likeness (QED) is 0.103. The SMILES string of the molecule is O=C(O)[C@H](CSSC[C@H](Nc1ccc([N+](=O)[O-])cc1[N+](=O)[O-])C(=O)O)Nc1ccc([N+](=O)[O-])cc1[N+](=O)[O-]. The van der Waals surface area contributed by atoms with Crippen LogP contribution in [0.15, 0.2) is 36.4 Å². The Bertz CT molecular complexity index is 1200. The van der Waals surface area contributed by atoms with Gasteiger partial charge in [-0.3, -0.25) is 40.5 Å². The van der Waals surface area contributed by atoms with Crippen molar-refractivity contribution in [2.75, 3.05) is 22.1 Å². The molecule has 0 radical (unpaired) electrons. The van der Waals surface area contributed by atoms with Crippen LogP contribution in [0.25, 0.3) is 0 Å². The van der Waals surface area contributed by atoms with E-state index in [1.54, 1.807) is 0 Å². The van der Waals surface area contributed by atoms with E-state index in [0.29, 0.717) is 12.1 Å². The number of anilines is 2. The number of nitrogens with zero attached hydrogens (tertiary/aromatic N) is 4. The normalized spacial score (nSPS) is 12.1. The molecule has 4 N–H and O–H groups in total. The first-order chi connectivity index (χ1) is 17.8. The van der Waals surface area contributed by atoms with Gasteiger partial charge in [0.2, 0.25) is 0 Å². The number of nitrogens with one attached hydrogen (secondary N) is 2. The number of nitro groups is 4. The lowest BCUT2D eigenvalue weighted by Gasteiger charge is -2.17. The molecule has 2 rings (SSSR count). The predicted molar refractivity (Wildman–Crippen MR) is 135 cm³/mol. The summed E-state index contributed by atoms with van der Waals surface area (Å²) in [7, 11) is 1.75. The van der Waals surface area contributed by atoms with E-state index < -0.39 is 66.5 Å². The highest BCUT2D eigenvalue weighted by molar-refractivity contribution is 8.76. The third-order valence-corrected chi connectivity index (χ3v) is 7.01. The van der Waals surface area contributed by atoms with Gasteiger partial charge in [-0.25, -0.2) is 9.59 Å². The minimum absolute atomic E-state index is 0.238. The maximum Gasteiger partial charge on any atom is 0.327 e. The first kappa shape index (κ1) is 29.5. The lowest BCUT2D eigenvalue weighted by molar-refractivity contribution is -0.393. The number of carbonyl (C=O) groups is 2. The van der Waals surface area contributed by atoms with Crippen molar-refractivity contribution in [3.63, 3.8) is 0 Å². The van der Waals surface area contributed by atoms with Crippen molar-refractivity contribution in [1.82, 2.24) is 0 Å². The zero-order valence-corrected chi connectivity index (χ0v) is 20.2. The Labute approximate surface area is 218 Å². The summed E-state index contributed by atoms with van der Waals surface area (Å²) in [6.45, 7) is 0. The minimum Gasteiger partial charge on any atom is -0.480 e. The molecule has 0 heterocycles. The molecule has 0 spiro atoms. The summed E-state index contributed by atoms with van der Waals surface area (Å²) < 4.78 is 0. The molecule has 18 nitrogen and oxygen atoms in total. The Morgan fingerprint density at radius 1 is 0.684 bits per heavy atom. The summed E-state index contributed by atoms with van der Waals surface area (Å²) in [5, 5.41) is 68.0. The van der Waals surface area contributed by atoms with E-state index in [4.69, 9.17) is 0 Å². The number of hydrogen-bond donors (Lipinski definition) is 4. The Balaban J connectivity index is 2.07. The van der Waals surface area contributed by atoms with Gasteiger partial charge in [0.1, 0.15) is 23.5 Å². The van der Waals surface area contributed by atoms with Gasteiger partial charge >= 0.3 is 11.9 Å². The smallest absolute Gasteiger partial charge is 0.327 e. The van der Waals surface area contributed by atoms with Crippen LogP contribution in [0.5, 0.6) is 0 Å². The summed E-state index contributed by atoms with van der Waals surface area (Å²) in [6.07, 6.45) is 0. The molecular formula is C18H16N6O12S2. The summed E-state index contributed by atoms with van der Waals surface area (Å²) >= 11 is 0.